The second-order valence-corrected chi connectivity index (χ2v) is 9.98. The van der Waals surface area contributed by atoms with E-state index in [-0.39, 0.29) is 52.8 Å². The molecule has 1 amide bonds. The Morgan fingerprint density at radius 3 is 2.57 bits per heavy atom. The van der Waals surface area contributed by atoms with Crippen molar-refractivity contribution in [3.8, 4) is 34.5 Å². The lowest BCUT2D eigenvalue weighted by atomic mass is 9.94. The Morgan fingerprint density at radius 1 is 1.29 bits per heavy atom. The number of carbonyl (C=O) groups is 1. The van der Waals surface area contributed by atoms with Crippen LogP contribution in [0.2, 0.25) is 0 Å². The van der Waals surface area contributed by atoms with E-state index in [2.05, 4.69) is 21.8 Å². The van der Waals surface area contributed by atoms with Crippen molar-refractivity contribution >= 4 is 22.9 Å². The Morgan fingerprint density at radius 2 is 2.02 bits per heavy atom. The van der Waals surface area contributed by atoms with Crippen molar-refractivity contribution < 1.29 is 24.8 Å². The van der Waals surface area contributed by atoms with Crippen molar-refractivity contribution in [3.63, 3.8) is 0 Å². The second-order valence-electron chi connectivity index (χ2n) is 9.34. The molecule has 3 heterocycles. The van der Waals surface area contributed by atoms with Gasteiger partial charge in [-0.3, -0.25) is 29.7 Å². The van der Waals surface area contributed by atoms with Crippen LogP contribution in [-0.2, 0) is 0 Å². The normalized spacial score (nSPS) is 12.9. The van der Waals surface area contributed by atoms with E-state index in [4.69, 9.17) is 21.0 Å². The molecule has 0 aromatic carbocycles. The first kappa shape index (κ1) is 32.4. The van der Waals surface area contributed by atoms with Gasteiger partial charge in [-0.05, 0) is 73.2 Å². The number of alkyl halides is 2. The fourth-order valence-electron chi connectivity index (χ4n) is 4.07. The molecule has 0 aliphatic heterocycles. The number of aliphatic hydroxyl groups is 1. The van der Waals surface area contributed by atoms with E-state index >= 15 is 0 Å². The predicted molar refractivity (Wildman–Crippen MR) is 160 cm³/mol. The van der Waals surface area contributed by atoms with Crippen molar-refractivity contribution in [3.05, 3.63) is 70.0 Å². The number of rotatable bonds is 9. The summed E-state index contributed by atoms with van der Waals surface area (Å²) in [5.41, 5.74) is 5.72. The van der Waals surface area contributed by atoms with E-state index in [1.165, 1.54) is 42.8 Å². The lowest BCUT2D eigenvalue weighted by Crippen LogP contribution is -2.20. The number of ether oxygens (including phenoxy) is 1. The molecule has 1 saturated carbocycles. The van der Waals surface area contributed by atoms with E-state index < -0.39 is 18.0 Å². The number of methoxy groups -OCH3 is 1. The number of nitrogens with one attached hydrogen (secondary N) is 1. The quantitative estimate of drug-likeness (QED) is 0.121. The van der Waals surface area contributed by atoms with Gasteiger partial charge in [0.05, 0.1) is 18.9 Å². The largest absolute Gasteiger partial charge is 0.494 e. The van der Waals surface area contributed by atoms with Crippen LogP contribution in [0.5, 0.6) is 5.75 Å². The second kappa shape index (κ2) is 15.2. The Hall–Kier alpha value is -4.12. The summed E-state index contributed by atoms with van der Waals surface area (Å²) < 4.78 is 33.1. The molecule has 1 unspecified atom stereocenters. The van der Waals surface area contributed by atoms with Crippen LogP contribution in [0.3, 0.4) is 0 Å². The number of pyridine rings is 3. The molecule has 0 saturated heterocycles. The summed E-state index contributed by atoms with van der Waals surface area (Å²) in [6, 6.07) is 5.76. The van der Waals surface area contributed by atoms with Crippen LogP contribution in [-0.4, -0.2) is 44.3 Å². The molecule has 3 aromatic heterocycles. The lowest BCUT2D eigenvalue weighted by molar-refractivity contribution is 0.100. The van der Waals surface area contributed by atoms with Crippen LogP contribution in [0.25, 0.3) is 16.9 Å². The van der Waals surface area contributed by atoms with Gasteiger partial charge in [-0.1, -0.05) is 12.8 Å². The van der Waals surface area contributed by atoms with E-state index in [1.807, 2.05) is 6.92 Å². The van der Waals surface area contributed by atoms with Crippen molar-refractivity contribution in [2.75, 3.05) is 13.7 Å². The number of carbonyl (C=O) groups excluding carboxylic acids is 1. The summed E-state index contributed by atoms with van der Waals surface area (Å²) in [4.78, 5) is 32.7. The Kier molecular flexibility index (Phi) is 11.7. The summed E-state index contributed by atoms with van der Waals surface area (Å²) in [6.45, 7) is 1.98. The Bertz CT molecular complexity index is 1560. The van der Waals surface area contributed by atoms with E-state index in [0.29, 0.717) is 12.3 Å². The topological polar surface area (TPSA) is 170 Å². The van der Waals surface area contributed by atoms with Crippen LogP contribution in [0.15, 0.2) is 47.7 Å². The first-order chi connectivity index (χ1) is 20.1. The molecular formula is C29H34F2N6O4S. The molecule has 224 valence electrons. The highest BCUT2D eigenvalue weighted by molar-refractivity contribution is 8.12. The van der Waals surface area contributed by atoms with Crippen LogP contribution in [0.4, 0.5) is 8.78 Å². The van der Waals surface area contributed by atoms with Gasteiger partial charge in [0.2, 0.25) is 0 Å². The number of nitrogens with two attached hydrogens (primary N) is 2. The van der Waals surface area contributed by atoms with Gasteiger partial charge in [0.1, 0.15) is 17.3 Å². The van der Waals surface area contributed by atoms with Gasteiger partial charge in [0.15, 0.2) is 5.04 Å². The SMILES string of the molecule is CCC(CCO)c1ccn(-c2cc(-c3cc(C(F)F)ncc3OC)c(C(N)=O)cn2)c(=O)c1.N=C(C#CC1CC1)SN.[HH]. The Balaban J connectivity index is 0.000000552. The number of aromatic nitrogens is 3. The molecule has 3 aromatic rings. The molecular weight excluding hydrogens is 566 g/mol. The molecule has 4 rings (SSSR count). The molecule has 13 heteroatoms. The maximum atomic E-state index is 13.3. The zero-order valence-corrected chi connectivity index (χ0v) is 24.0. The van der Waals surface area contributed by atoms with E-state index in [1.54, 1.807) is 12.3 Å². The molecule has 1 aliphatic rings. The first-order valence-corrected chi connectivity index (χ1v) is 13.9. The number of halogens is 2. The van der Waals surface area contributed by atoms with Crippen LogP contribution >= 0.6 is 11.9 Å². The van der Waals surface area contributed by atoms with E-state index in [9.17, 15) is 23.5 Å². The summed E-state index contributed by atoms with van der Waals surface area (Å²) in [6.07, 6.45) is 4.73. The smallest absolute Gasteiger partial charge is 0.280 e. The van der Waals surface area contributed by atoms with Gasteiger partial charge in [-0.25, -0.2) is 13.8 Å². The fraction of sp³-hybridized carbons (Fsp3) is 0.345. The monoisotopic (exact) mass is 600 g/mol. The lowest BCUT2D eigenvalue weighted by Gasteiger charge is -2.16. The number of hydrogen-bond acceptors (Lipinski definition) is 9. The summed E-state index contributed by atoms with van der Waals surface area (Å²) in [5, 5.41) is 21.6. The van der Waals surface area contributed by atoms with Gasteiger partial charge in [0, 0.05) is 43.5 Å². The molecule has 0 radical (unpaired) electrons. The third kappa shape index (κ3) is 8.45. The van der Waals surface area contributed by atoms with Gasteiger partial charge in [-0.15, -0.1) is 0 Å². The number of hydrogen-bond donors (Lipinski definition) is 4. The summed E-state index contributed by atoms with van der Waals surface area (Å²) in [5.74, 6) is 5.69. The van der Waals surface area contributed by atoms with Crippen molar-refractivity contribution in [1.29, 1.82) is 5.41 Å². The van der Waals surface area contributed by atoms with Gasteiger partial charge in [-0.2, -0.15) is 0 Å². The summed E-state index contributed by atoms with van der Waals surface area (Å²) in [7, 11) is 1.34. The molecule has 1 aliphatic carbocycles. The Labute approximate surface area is 247 Å². The molecule has 6 N–H and O–H groups in total. The molecule has 42 heavy (non-hydrogen) atoms. The predicted octanol–water partition coefficient (Wildman–Crippen LogP) is 4.45. The fourth-order valence-corrected chi connectivity index (χ4v) is 4.19. The minimum Gasteiger partial charge on any atom is -0.494 e. The number of amides is 1. The maximum Gasteiger partial charge on any atom is 0.280 e. The van der Waals surface area contributed by atoms with E-state index in [0.717, 1.165) is 36.2 Å². The molecule has 1 atom stereocenters. The van der Waals surface area contributed by atoms with Gasteiger partial charge in [0.25, 0.3) is 17.9 Å². The zero-order chi connectivity index (χ0) is 30.8. The van der Waals surface area contributed by atoms with Crippen molar-refractivity contribution in [2.45, 2.75) is 45.0 Å². The minimum atomic E-state index is -2.84. The van der Waals surface area contributed by atoms with Gasteiger partial charge >= 0.3 is 0 Å². The highest BCUT2D eigenvalue weighted by Crippen LogP contribution is 2.35. The van der Waals surface area contributed by atoms with Crippen LogP contribution in [0.1, 0.15) is 68.0 Å². The third-order valence-electron chi connectivity index (χ3n) is 6.49. The standard InChI is InChI=1S/C23H24F2N4O4.C6H8N2S.H2/c1-3-13(5-7-30)14-4-6-29(21(31)8-14)20-10-15(17(11-28-20)23(26)32)16-9-18(22(24)25)27-12-19(16)33-2;7-6(9-8)4-3-5-1-2-5;/h4,6,8-13,22,30H,3,5,7H2,1-2H3,(H2,26,32);5,7H,1-2,8H2;1H. The maximum absolute atomic E-state index is 13.3. The third-order valence-corrected chi connectivity index (χ3v) is 6.83. The van der Waals surface area contributed by atoms with Crippen molar-refractivity contribution in [2.24, 2.45) is 16.8 Å². The molecule has 0 spiro atoms. The minimum absolute atomic E-state index is 0. The number of nitrogens with zero attached hydrogens (tertiary/aromatic N) is 3. The molecule has 10 nitrogen and oxygen atoms in total. The first-order valence-electron chi connectivity index (χ1n) is 13.1. The zero-order valence-electron chi connectivity index (χ0n) is 23.1. The molecule has 1 fully saturated rings. The summed E-state index contributed by atoms with van der Waals surface area (Å²) >= 11 is 0.904. The highest BCUT2D eigenvalue weighted by Gasteiger charge is 2.21. The van der Waals surface area contributed by atoms with Crippen LogP contribution < -0.4 is 21.2 Å². The highest BCUT2D eigenvalue weighted by atomic mass is 32.2. The molecule has 0 bridgehead atoms. The average molecular weight is 601 g/mol. The number of aliphatic hydroxyl groups excluding tert-OH is 1. The number of primary amides is 1. The van der Waals surface area contributed by atoms with Crippen molar-refractivity contribution in [1.82, 2.24) is 14.5 Å². The average Bonchev–Trinajstić information content (AvgIpc) is 3.83. The van der Waals surface area contributed by atoms with Gasteiger partial charge < -0.3 is 15.6 Å². The van der Waals surface area contributed by atoms with Crippen LogP contribution in [0, 0.1) is 23.2 Å².